The van der Waals surface area contributed by atoms with Crippen molar-refractivity contribution >= 4 is 35.1 Å². The van der Waals surface area contributed by atoms with Crippen LogP contribution in [-0.2, 0) is 20.9 Å². The topological polar surface area (TPSA) is 86.8 Å². The summed E-state index contributed by atoms with van der Waals surface area (Å²) in [6, 6.07) is 2.98. The highest BCUT2D eigenvalue weighted by Gasteiger charge is 2.44. The molecule has 2 heterocycles. The van der Waals surface area contributed by atoms with Gasteiger partial charge < -0.3 is 5.32 Å². The van der Waals surface area contributed by atoms with E-state index < -0.39 is 30.3 Å². The number of thiophene rings is 1. The van der Waals surface area contributed by atoms with Crippen LogP contribution in [0.5, 0.6) is 0 Å². The molecule has 1 aromatic heterocycles. The summed E-state index contributed by atoms with van der Waals surface area (Å²) in [5, 5.41) is 4.48. The zero-order valence-electron chi connectivity index (χ0n) is 10.8. The van der Waals surface area contributed by atoms with Gasteiger partial charge in [0.1, 0.15) is 6.54 Å². The van der Waals surface area contributed by atoms with Gasteiger partial charge in [0, 0.05) is 11.4 Å². The standard InChI is InChI=1S/C12H13N3O4S/c1-2-14-10(17)11(18)15(12(14)19)7-9(16)13-6-8-4-3-5-20-8/h3-5H,2,6-7H2,1H3,(H,13,16). The molecule has 7 nitrogen and oxygen atoms in total. The largest absolute Gasteiger partial charge is 0.350 e. The lowest BCUT2D eigenvalue weighted by atomic mass is 10.4. The molecule has 1 aliphatic rings. The molecule has 0 aliphatic carbocycles. The van der Waals surface area contributed by atoms with Crippen LogP contribution in [0.25, 0.3) is 0 Å². The number of nitrogens with one attached hydrogen (secondary N) is 1. The number of imide groups is 2. The Kier molecular flexibility index (Phi) is 4.14. The molecule has 1 N–H and O–H groups in total. The number of nitrogens with zero attached hydrogens (tertiary/aromatic N) is 2. The Labute approximate surface area is 119 Å². The molecule has 1 saturated heterocycles. The minimum Gasteiger partial charge on any atom is -0.350 e. The van der Waals surface area contributed by atoms with Gasteiger partial charge in [-0.3, -0.25) is 19.3 Å². The third-order valence-electron chi connectivity index (χ3n) is 2.79. The summed E-state index contributed by atoms with van der Waals surface area (Å²) < 4.78 is 0. The number of hydrogen-bond donors (Lipinski definition) is 1. The molecular weight excluding hydrogens is 282 g/mol. The van der Waals surface area contributed by atoms with E-state index in [1.165, 1.54) is 11.3 Å². The Morgan fingerprint density at radius 3 is 2.50 bits per heavy atom. The van der Waals surface area contributed by atoms with Gasteiger partial charge in [0.05, 0.1) is 6.54 Å². The first-order valence-corrected chi connectivity index (χ1v) is 6.89. The summed E-state index contributed by atoms with van der Waals surface area (Å²) in [6.07, 6.45) is 0. The average Bonchev–Trinajstić information content (AvgIpc) is 3.01. The molecule has 106 valence electrons. The predicted molar refractivity (Wildman–Crippen MR) is 70.7 cm³/mol. The van der Waals surface area contributed by atoms with E-state index in [1.807, 2.05) is 17.5 Å². The number of hydrogen-bond acceptors (Lipinski definition) is 5. The van der Waals surface area contributed by atoms with Crippen LogP contribution < -0.4 is 5.32 Å². The summed E-state index contributed by atoms with van der Waals surface area (Å²) in [5.74, 6) is -2.32. The summed E-state index contributed by atoms with van der Waals surface area (Å²) >= 11 is 1.49. The first-order valence-electron chi connectivity index (χ1n) is 6.01. The molecule has 8 heteroatoms. The molecule has 0 atom stereocenters. The molecule has 0 unspecified atom stereocenters. The molecule has 0 saturated carbocycles. The number of urea groups is 1. The van der Waals surface area contributed by atoms with Gasteiger partial charge in [-0.1, -0.05) is 6.07 Å². The fraction of sp³-hybridized carbons (Fsp3) is 0.333. The van der Waals surface area contributed by atoms with Crippen molar-refractivity contribution in [1.29, 1.82) is 0 Å². The van der Waals surface area contributed by atoms with Gasteiger partial charge in [-0.15, -0.1) is 11.3 Å². The van der Waals surface area contributed by atoms with E-state index in [9.17, 15) is 19.2 Å². The number of amides is 5. The summed E-state index contributed by atoms with van der Waals surface area (Å²) in [6.45, 7) is 1.59. The predicted octanol–water partition coefficient (Wildman–Crippen LogP) is 0.175. The van der Waals surface area contributed by atoms with Gasteiger partial charge >= 0.3 is 17.8 Å². The van der Waals surface area contributed by atoms with E-state index in [2.05, 4.69) is 5.32 Å². The number of rotatable bonds is 5. The van der Waals surface area contributed by atoms with Crippen molar-refractivity contribution < 1.29 is 19.2 Å². The van der Waals surface area contributed by atoms with Crippen LogP contribution in [0.4, 0.5) is 4.79 Å². The van der Waals surface area contributed by atoms with Crippen molar-refractivity contribution in [1.82, 2.24) is 15.1 Å². The van der Waals surface area contributed by atoms with Gasteiger partial charge in [-0.25, -0.2) is 9.69 Å². The van der Waals surface area contributed by atoms with Gasteiger partial charge in [-0.2, -0.15) is 0 Å². The van der Waals surface area contributed by atoms with Crippen molar-refractivity contribution in [2.45, 2.75) is 13.5 Å². The van der Waals surface area contributed by atoms with Crippen LogP contribution in [0, 0.1) is 0 Å². The zero-order valence-corrected chi connectivity index (χ0v) is 11.6. The molecule has 0 radical (unpaired) electrons. The monoisotopic (exact) mass is 295 g/mol. The highest BCUT2D eigenvalue weighted by Crippen LogP contribution is 2.11. The molecular formula is C12H13N3O4S. The van der Waals surface area contributed by atoms with E-state index in [1.54, 1.807) is 6.92 Å². The molecule has 5 amide bonds. The van der Waals surface area contributed by atoms with Gasteiger partial charge in [0.15, 0.2) is 0 Å². The minimum atomic E-state index is -0.955. The normalized spacial score (nSPS) is 15.2. The summed E-state index contributed by atoms with van der Waals surface area (Å²) in [7, 11) is 0. The maximum atomic E-state index is 11.8. The van der Waals surface area contributed by atoms with Gasteiger partial charge in [0.2, 0.25) is 5.91 Å². The highest BCUT2D eigenvalue weighted by molar-refractivity contribution is 7.09. The third kappa shape index (κ3) is 2.69. The van der Waals surface area contributed by atoms with E-state index in [0.29, 0.717) is 11.4 Å². The lowest BCUT2D eigenvalue weighted by Crippen LogP contribution is -2.41. The maximum Gasteiger partial charge on any atom is 0.334 e. The zero-order chi connectivity index (χ0) is 14.7. The smallest absolute Gasteiger partial charge is 0.334 e. The molecule has 1 aromatic rings. The van der Waals surface area contributed by atoms with Crippen molar-refractivity contribution in [3.05, 3.63) is 22.4 Å². The average molecular weight is 295 g/mol. The second-order valence-electron chi connectivity index (χ2n) is 4.08. The van der Waals surface area contributed by atoms with Crippen LogP contribution in [0.2, 0.25) is 0 Å². The molecule has 1 aliphatic heterocycles. The molecule has 2 rings (SSSR count). The number of likely N-dealkylation sites (N-methyl/N-ethyl adjacent to an activating group) is 1. The molecule has 1 fully saturated rings. The molecule has 20 heavy (non-hydrogen) atoms. The quantitative estimate of drug-likeness (QED) is 0.620. The van der Waals surface area contributed by atoms with E-state index in [0.717, 1.165) is 9.78 Å². The Morgan fingerprint density at radius 2 is 1.95 bits per heavy atom. The Hall–Kier alpha value is -2.22. The summed E-state index contributed by atoms with van der Waals surface area (Å²) in [5.41, 5.74) is 0. The summed E-state index contributed by atoms with van der Waals surface area (Å²) in [4.78, 5) is 49.0. The van der Waals surface area contributed by atoms with E-state index in [4.69, 9.17) is 0 Å². The van der Waals surface area contributed by atoms with Crippen molar-refractivity contribution in [3.63, 3.8) is 0 Å². The fourth-order valence-electron chi connectivity index (χ4n) is 1.77. The van der Waals surface area contributed by atoms with Crippen LogP contribution in [-0.4, -0.2) is 46.6 Å². The van der Waals surface area contributed by atoms with E-state index >= 15 is 0 Å². The van der Waals surface area contributed by atoms with Crippen LogP contribution in [0.3, 0.4) is 0 Å². The maximum absolute atomic E-state index is 11.8. The fourth-order valence-corrected chi connectivity index (χ4v) is 2.41. The first-order chi connectivity index (χ1) is 9.54. The van der Waals surface area contributed by atoms with E-state index in [-0.39, 0.29) is 6.54 Å². The minimum absolute atomic E-state index is 0.108. The molecule has 0 bridgehead atoms. The van der Waals surface area contributed by atoms with Crippen LogP contribution in [0.15, 0.2) is 17.5 Å². The number of carbonyl (C=O) groups is 4. The lowest BCUT2D eigenvalue weighted by Gasteiger charge is -2.13. The van der Waals surface area contributed by atoms with Crippen LogP contribution in [0.1, 0.15) is 11.8 Å². The SMILES string of the molecule is CCN1C(=O)C(=O)N(CC(=O)NCc2cccs2)C1=O. The molecule has 0 spiro atoms. The Balaban J connectivity index is 1.92. The number of carbonyl (C=O) groups excluding carboxylic acids is 4. The molecule has 0 aromatic carbocycles. The lowest BCUT2D eigenvalue weighted by molar-refractivity contribution is -0.143. The van der Waals surface area contributed by atoms with Gasteiger partial charge in [-0.05, 0) is 18.4 Å². The highest BCUT2D eigenvalue weighted by atomic mass is 32.1. The van der Waals surface area contributed by atoms with Crippen molar-refractivity contribution in [2.24, 2.45) is 0 Å². The second kappa shape index (κ2) is 5.83. The Bertz CT molecular complexity index is 555. The van der Waals surface area contributed by atoms with Crippen molar-refractivity contribution in [3.8, 4) is 0 Å². The van der Waals surface area contributed by atoms with Crippen molar-refractivity contribution in [2.75, 3.05) is 13.1 Å². The first kappa shape index (κ1) is 14.2. The third-order valence-corrected chi connectivity index (χ3v) is 3.67. The second-order valence-corrected chi connectivity index (χ2v) is 5.11. The van der Waals surface area contributed by atoms with Gasteiger partial charge in [0.25, 0.3) is 0 Å². The Morgan fingerprint density at radius 1 is 1.25 bits per heavy atom. The van der Waals surface area contributed by atoms with Crippen LogP contribution >= 0.6 is 11.3 Å².